The first-order valence-electron chi connectivity index (χ1n) is 9.24. The SMILES string of the molecule is CCCCOc1ncccc1CNC(=O)C(CC)OC1CCCC1. The Morgan fingerprint density at radius 1 is 1.38 bits per heavy atom. The Morgan fingerprint density at radius 2 is 2.17 bits per heavy atom. The first-order valence-corrected chi connectivity index (χ1v) is 9.24. The van der Waals surface area contributed by atoms with Gasteiger partial charge in [0.05, 0.1) is 12.7 Å². The van der Waals surface area contributed by atoms with Crippen LogP contribution < -0.4 is 10.1 Å². The van der Waals surface area contributed by atoms with Gasteiger partial charge in [-0.25, -0.2) is 4.98 Å². The molecule has 0 aliphatic heterocycles. The number of hydrogen-bond acceptors (Lipinski definition) is 4. The third-order valence-corrected chi connectivity index (χ3v) is 4.36. The molecule has 1 fully saturated rings. The van der Waals surface area contributed by atoms with Crippen LogP contribution in [0.15, 0.2) is 18.3 Å². The standard InChI is InChI=1S/C19H30N2O3/c1-3-5-13-23-19-15(9-8-12-20-19)14-21-18(22)17(4-2)24-16-10-6-7-11-16/h8-9,12,16-17H,3-7,10-11,13-14H2,1-2H3,(H,21,22). The number of aromatic nitrogens is 1. The van der Waals surface area contributed by atoms with Gasteiger partial charge in [-0.2, -0.15) is 0 Å². The maximum Gasteiger partial charge on any atom is 0.249 e. The highest BCUT2D eigenvalue weighted by Crippen LogP contribution is 2.23. The molecule has 1 aromatic rings. The predicted molar refractivity (Wildman–Crippen MR) is 93.9 cm³/mol. The molecular formula is C19H30N2O3. The molecular weight excluding hydrogens is 304 g/mol. The van der Waals surface area contributed by atoms with E-state index in [1.807, 2.05) is 19.1 Å². The summed E-state index contributed by atoms with van der Waals surface area (Å²) in [6, 6.07) is 3.80. The first kappa shape index (κ1) is 18.7. The highest BCUT2D eigenvalue weighted by Gasteiger charge is 2.24. The van der Waals surface area contributed by atoms with Crippen molar-refractivity contribution >= 4 is 5.91 Å². The first-order chi connectivity index (χ1) is 11.7. The molecule has 0 spiro atoms. The van der Waals surface area contributed by atoms with Gasteiger partial charge in [0.25, 0.3) is 0 Å². The third kappa shape index (κ3) is 5.78. The van der Waals surface area contributed by atoms with Crippen LogP contribution in [-0.4, -0.2) is 29.7 Å². The molecule has 5 nitrogen and oxygen atoms in total. The zero-order valence-corrected chi connectivity index (χ0v) is 14.9. The maximum absolute atomic E-state index is 12.4. The highest BCUT2D eigenvalue weighted by molar-refractivity contribution is 5.80. The molecule has 1 heterocycles. The molecule has 24 heavy (non-hydrogen) atoms. The van der Waals surface area contributed by atoms with E-state index in [4.69, 9.17) is 9.47 Å². The molecule has 1 atom stereocenters. The molecule has 0 aromatic carbocycles. The van der Waals surface area contributed by atoms with Gasteiger partial charge < -0.3 is 14.8 Å². The van der Waals surface area contributed by atoms with Gasteiger partial charge in [0.1, 0.15) is 6.10 Å². The van der Waals surface area contributed by atoms with Gasteiger partial charge in [0.15, 0.2) is 0 Å². The fourth-order valence-corrected chi connectivity index (χ4v) is 2.90. The zero-order valence-electron chi connectivity index (χ0n) is 14.9. The lowest BCUT2D eigenvalue weighted by Crippen LogP contribution is -2.37. The minimum atomic E-state index is -0.366. The minimum absolute atomic E-state index is 0.0484. The molecule has 134 valence electrons. The van der Waals surface area contributed by atoms with E-state index >= 15 is 0 Å². The average molecular weight is 334 g/mol. The predicted octanol–water partition coefficient (Wildman–Crippen LogP) is 3.61. The summed E-state index contributed by atoms with van der Waals surface area (Å²) in [5.74, 6) is 0.559. The summed E-state index contributed by atoms with van der Waals surface area (Å²) in [6.45, 7) is 5.18. The van der Waals surface area contributed by atoms with E-state index in [1.54, 1.807) is 6.20 Å². The molecule has 5 heteroatoms. The second-order valence-electron chi connectivity index (χ2n) is 6.33. The van der Waals surface area contributed by atoms with Crippen LogP contribution in [0.4, 0.5) is 0 Å². The second-order valence-corrected chi connectivity index (χ2v) is 6.33. The zero-order chi connectivity index (χ0) is 17.2. The number of ether oxygens (including phenoxy) is 2. The summed E-state index contributed by atoms with van der Waals surface area (Å²) in [5, 5.41) is 2.97. The van der Waals surface area contributed by atoms with E-state index < -0.39 is 0 Å². The van der Waals surface area contributed by atoms with Crippen molar-refractivity contribution in [2.75, 3.05) is 6.61 Å². The number of carbonyl (C=O) groups excluding carboxylic acids is 1. The summed E-state index contributed by atoms with van der Waals surface area (Å²) in [4.78, 5) is 16.7. The van der Waals surface area contributed by atoms with E-state index in [-0.39, 0.29) is 18.1 Å². The average Bonchev–Trinajstić information content (AvgIpc) is 3.12. The van der Waals surface area contributed by atoms with Crippen molar-refractivity contribution < 1.29 is 14.3 Å². The fourth-order valence-electron chi connectivity index (χ4n) is 2.90. The highest BCUT2D eigenvalue weighted by atomic mass is 16.5. The van der Waals surface area contributed by atoms with Gasteiger partial charge in [0.2, 0.25) is 11.8 Å². The van der Waals surface area contributed by atoms with Crippen LogP contribution in [0.2, 0.25) is 0 Å². The number of carbonyl (C=O) groups is 1. The number of rotatable bonds is 10. The molecule has 1 N–H and O–H groups in total. The van der Waals surface area contributed by atoms with E-state index in [1.165, 1.54) is 12.8 Å². The molecule has 1 amide bonds. The molecule has 1 aromatic heterocycles. The Hall–Kier alpha value is -1.62. The van der Waals surface area contributed by atoms with Crippen molar-refractivity contribution in [3.63, 3.8) is 0 Å². The van der Waals surface area contributed by atoms with Crippen molar-refractivity contribution in [2.24, 2.45) is 0 Å². The van der Waals surface area contributed by atoms with Gasteiger partial charge in [-0.15, -0.1) is 0 Å². The molecule has 1 unspecified atom stereocenters. The van der Waals surface area contributed by atoms with Crippen LogP contribution in [-0.2, 0) is 16.1 Å². The molecule has 2 rings (SSSR count). The number of amides is 1. The van der Waals surface area contributed by atoms with E-state index in [0.717, 1.165) is 31.2 Å². The number of nitrogens with one attached hydrogen (secondary N) is 1. The van der Waals surface area contributed by atoms with E-state index in [0.29, 0.717) is 25.5 Å². The Kier molecular flexibility index (Phi) is 8.02. The summed E-state index contributed by atoms with van der Waals surface area (Å²) in [5.41, 5.74) is 0.901. The summed E-state index contributed by atoms with van der Waals surface area (Å²) in [6.07, 6.45) is 8.91. The molecule has 0 saturated heterocycles. The molecule has 0 bridgehead atoms. The Bertz CT molecular complexity index is 501. The van der Waals surface area contributed by atoms with Crippen molar-refractivity contribution in [3.05, 3.63) is 23.9 Å². The van der Waals surface area contributed by atoms with Crippen LogP contribution >= 0.6 is 0 Å². The normalized spacial score (nSPS) is 16.1. The summed E-state index contributed by atoms with van der Waals surface area (Å²) >= 11 is 0. The topological polar surface area (TPSA) is 60.5 Å². The van der Waals surface area contributed by atoms with Gasteiger partial charge in [-0.3, -0.25) is 4.79 Å². The maximum atomic E-state index is 12.4. The number of unbranched alkanes of at least 4 members (excludes halogenated alkanes) is 1. The number of pyridine rings is 1. The molecule has 0 radical (unpaired) electrons. The minimum Gasteiger partial charge on any atom is -0.477 e. The van der Waals surface area contributed by atoms with Crippen molar-refractivity contribution in [1.29, 1.82) is 0 Å². The number of hydrogen-bond donors (Lipinski definition) is 1. The summed E-state index contributed by atoms with van der Waals surface area (Å²) < 4.78 is 11.7. The number of nitrogens with zero attached hydrogens (tertiary/aromatic N) is 1. The van der Waals surface area contributed by atoms with Crippen LogP contribution in [0.3, 0.4) is 0 Å². The quantitative estimate of drug-likeness (QED) is 0.664. The van der Waals surface area contributed by atoms with E-state index in [9.17, 15) is 4.79 Å². The van der Waals surface area contributed by atoms with Crippen LogP contribution in [0.25, 0.3) is 0 Å². The molecule has 1 aliphatic rings. The van der Waals surface area contributed by atoms with Crippen LogP contribution in [0.5, 0.6) is 5.88 Å². The van der Waals surface area contributed by atoms with Gasteiger partial charge in [-0.1, -0.05) is 39.2 Å². The second kappa shape index (κ2) is 10.3. The van der Waals surface area contributed by atoms with Gasteiger partial charge >= 0.3 is 0 Å². The van der Waals surface area contributed by atoms with Crippen molar-refractivity contribution in [1.82, 2.24) is 10.3 Å². The fraction of sp³-hybridized carbons (Fsp3) is 0.684. The largest absolute Gasteiger partial charge is 0.477 e. The molecule has 1 saturated carbocycles. The Balaban J connectivity index is 1.85. The van der Waals surface area contributed by atoms with E-state index in [2.05, 4.69) is 17.2 Å². The lowest BCUT2D eigenvalue weighted by molar-refractivity contribution is -0.137. The van der Waals surface area contributed by atoms with Crippen molar-refractivity contribution in [2.45, 2.75) is 77.5 Å². The third-order valence-electron chi connectivity index (χ3n) is 4.36. The van der Waals surface area contributed by atoms with Crippen LogP contribution in [0.1, 0.15) is 64.4 Å². The van der Waals surface area contributed by atoms with Crippen molar-refractivity contribution in [3.8, 4) is 5.88 Å². The van der Waals surface area contributed by atoms with Crippen LogP contribution in [0, 0.1) is 0 Å². The summed E-state index contributed by atoms with van der Waals surface area (Å²) in [7, 11) is 0. The Morgan fingerprint density at radius 3 is 2.88 bits per heavy atom. The lowest BCUT2D eigenvalue weighted by Gasteiger charge is -2.20. The Labute approximate surface area is 145 Å². The van der Waals surface area contributed by atoms with Gasteiger partial charge in [-0.05, 0) is 31.7 Å². The monoisotopic (exact) mass is 334 g/mol. The lowest BCUT2D eigenvalue weighted by atomic mass is 10.2. The smallest absolute Gasteiger partial charge is 0.249 e. The van der Waals surface area contributed by atoms with Gasteiger partial charge in [0, 0.05) is 18.3 Å². The molecule has 1 aliphatic carbocycles.